The molecule has 0 aliphatic carbocycles. The summed E-state index contributed by atoms with van der Waals surface area (Å²) in [4.78, 5) is 26.4. The fourth-order valence-electron chi connectivity index (χ4n) is 1.75. The van der Waals surface area contributed by atoms with Gasteiger partial charge in [0, 0.05) is 25.7 Å². The molecule has 1 saturated heterocycles. The van der Waals surface area contributed by atoms with Crippen molar-refractivity contribution in [2.24, 2.45) is 0 Å². The molecule has 1 aliphatic heterocycles. The highest BCUT2D eigenvalue weighted by Gasteiger charge is 2.32. The third-order valence-corrected chi connectivity index (χ3v) is 3.30. The molecule has 1 atom stereocenters. The number of nitrogens with zero attached hydrogens (tertiary/aromatic N) is 2. The molecule has 1 aliphatic rings. The van der Waals surface area contributed by atoms with Crippen molar-refractivity contribution < 1.29 is 19.4 Å². The molecular formula is C12H23N3O4. The quantitative estimate of drug-likeness (QED) is 0.726. The second-order valence-electron chi connectivity index (χ2n) is 4.93. The topological polar surface area (TPSA) is 82.1 Å². The number of carbonyl (C=O) groups is 2. The summed E-state index contributed by atoms with van der Waals surface area (Å²) in [5.41, 5.74) is 0. The fourth-order valence-corrected chi connectivity index (χ4v) is 1.75. The molecule has 1 unspecified atom stereocenters. The zero-order valence-electron chi connectivity index (χ0n) is 11.8. The largest absolute Gasteiger partial charge is 0.480 e. The number of amides is 2. The van der Waals surface area contributed by atoms with E-state index in [4.69, 9.17) is 9.84 Å². The first-order valence-corrected chi connectivity index (χ1v) is 6.48. The number of morpholine rings is 1. The standard InChI is InChI=1S/C12H23N3O4/c1-9(2)14(3)5-4-13-12(18)15-6-7-19-8-10(15)11(16)17/h9-10H,4-8H2,1-3H3,(H,13,18)(H,16,17). The molecule has 0 saturated carbocycles. The summed E-state index contributed by atoms with van der Waals surface area (Å²) >= 11 is 0. The Morgan fingerprint density at radius 1 is 1.53 bits per heavy atom. The molecule has 0 radical (unpaired) electrons. The van der Waals surface area contributed by atoms with Crippen LogP contribution in [0.25, 0.3) is 0 Å². The summed E-state index contributed by atoms with van der Waals surface area (Å²) in [5, 5.41) is 11.8. The van der Waals surface area contributed by atoms with Gasteiger partial charge in [0.2, 0.25) is 0 Å². The van der Waals surface area contributed by atoms with Crippen molar-refractivity contribution in [3.8, 4) is 0 Å². The highest BCUT2D eigenvalue weighted by molar-refractivity contribution is 5.82. The average Bonchev–Trinajstić information content (AvgIpc) is 2.38. The van der Waals surface area contributed by atoms with Crippen molar-refractivity contribution in [3.05, 3.63) is 0 Å². The van der Waals surface area contributed by atoms with E-state index in [1.807, 2.05) is 7.05 Å². The van der Waals surface area contributed by atoms with Gasteiger partial charge in [-0.15, -0.1) is 0 Å². The highest BCUT2D eigenvalue weighted by atomic mass is 16.5. The lowest BCUT2D eigenvalue weighted by Crippen LogP contribution is -2.56. The van der Waals surface area contributed by atoms with E-state index in [2.05, 4.69) is 24.1 Å². The summed E-state index contributed by atoms with van der Waals surface area (Å²) in [6, 6.07) is -0.823. The number of nitrogens with one attached hydrogen (secondary N) is 1. The van der Waals surface area contributed by atoms with Crippen LogP contribution in [0.3, 0.4) is 0 Å². The minimum Gasteiger partial charge on any atom is -0.480 e. The molecule has 1 rings (SSSR count). The zero-order valence-corrected chi connectivity index (χ0v) is 11.8. The number of rotatable bonds is 5. The first kappa shape index (κ1) is 15.7. The Labute approximate surface area is 113 Å². The zero-order chi connectivity index (χ0) is 14.4. The lowest BCUT2D eigenvalue weighted by molar-refractivity contribution is -0.147. The van der Waals surface area contributed by atoms with Crippen LogP contribution < -0.4 is 5.32 Å². The van der Waals surface area contributed by atoms with Crippen LogP contribution in [-0.4, -0.2) is 78.9 Å². The number of carboxylic acid groups (broad SMARTS) is 1. The van der Waals surface area contributed by atoms with Gasteiger partial charge in [0.25, 0.3) is 0 Å². The van der Waals surface area contributed by atoms with E-state index in [-0.39, 0.29) is 12.6 Å². The number of carbonyl (C=O) groups excluding carboxylic acids is 1. The Bertz CT molecular complexity index is 322. The van der Waals surface area contributed by atoms with Crippen LogP contribution in [0.15, 0.2) is 0 Å². The van der Waals surface area contributed by atoms with E-state index in [0.29, 0.717) is 25.7 Å². The third kappa shape index (κ3) is 4.68. The molecule has 0 aromatic heterocycles. The lowest BCUT2D eigenvalue weighted by atomic mass is 10.2. The normalized spacial score (nSPS) is 19.8. The van der Waals surface area contributed by atoms with Crippen molar-refractivity contribution in [1.82, 2.24) is 15.1 Å². The van der Waals surface area contributed by atoms with Gasteiger partial charge in [-0.1, -0.05) is 0 Å². The average molecular weight is 273 g/mol. The first-order chi connectivity index (χ1) is 8.93. The van der Waals surface area contributed by atoms with Crippen LogP contribution in [0.4, 0.5) is 4.79 Å². The number of hydrogen-bond donors (Lipinski definition) is 2. The SMILES string of the molecule is CC(C)N(C)CCNC(=O)N1CCOCC1C(=O)O. The Balaban J connectivity index is 2.41. The van der Waals surface area contributed by atoms with E-state index in [1.165, 1.54) is 4.90 Å². The Morgan fingerprint density at radius 3 is 2.79 bits per heavy atom. The number of likely N-dealkylation sites (N-methyl/N-ethyl adjacent to an activating group) is 1. The third-order valence-electron chi connectivity index (χ3n) is 3.30. The molecule has 7 heteroatoms. The van der Waals surface area contributed by atoms with Crippen molar-refractivity contribution in [3.63, 3.8) is 0 Å². The van der Waals surface area contributed by atoms with E-state index < -0.39 is 12.0 Å². The van der Waals surface area contributed by atoms with Gasteiger partial charge in [-0.25, -0.2) is 9.59 Å². The van der Waals surface area contributed by atoms with Gasteiger partial charge in [-0.2, -0.15) is 0 Å². The summed E-state index contributed by atoms with van der Waals surface area (Å²) in [7, 11) is 1.98. The molecular weight excluding hydrogens is 250 g/mol. The number of ether oxygens (including phenoxy) is 1. The number of carboxylic acids is 1. The molecule has 1 heterocycles. The monoisotopic (exact) mass is 273 g/mol. The van der Waals surface area contributed by atoms with Gasteiger partial charge in [0.05, 0.1) is 13.2 Å². The van der Waals surface area contributed by atoms with E-state index >= 15 is 0 Å². The molecule has 0 spiro atoms. The number of hydrogen-bond acceptors (Lipinski definition) is 4. The van der Waals surface area contributed by atoms with Crippen LogP contribution >= 0.6 is 0 Å². The molecule has 19 heavy (non-hydrogen) atoms. The first-order valence-electron chi connectivity index (χ1n) is 6.48. The van der Waals surface area contributed by atoms with Crippen LogP contribution in [0.1, 0.15) is 13.8 Å². The van der Waals surface area contributed by atoms with Gasteiger partial charge < -0.3 is 25.0 Å². The number of urea groups is 1. The van der Waals surface area contributed by atoms with E-state index in [1.54, 1.807) is 0 Å². The predicted molar refractivity (Wildman–Crippen MR) is 70.1 cm³/mol. The molecule has 110 valence electrons. The van der Waals surface area contributed by atoms with Gasteiger partial charge >= 0.3 is 12.0 Å². The summed E-state index contributed by atoms with van der Waals surface area (Å²) in [5.74, 6) is -1.03. The van der Waals surface area contributed by atoms with Gasteiger partial charge in [0.1, 0.15) is 0 Å². The van der Waals surface area contributed by atoms with Crippen molar-refractivity contribution in [2.75, 3.05) is 39.9 Å². The van der Waals surface area contributed by atoms with Crippen LogP contribution in [0.2, 0.25) is 0 Å². The second kappa shape index (κ2) is 7.30. The molecule has 0 aromatic rings. The van der Waals surface area contributed by atoms with Crippen molar-refractivity contribution in [1.29, 1.82) is 0 Å². The minimum atomic E-state index is -1.03. The smallest absolute Gasteiger partial charge is 0.328 e. The Kier molecular flexibility index (Phi) is 6.04. The summed E-state index contributed by atoms with van der Waals surface area (Å²) in [6.07, 6.45) is 0. The predicted octanol–water partition coefficient (Wildman–Crippen LogP) is -0.178. The van der Waals surface area contributed by atoms with Crippen LogP contribution in [0.5, 0.6) is 0 Å². The molecule has 7 nitrogen and oxygen atoms in total. The summed E-state index contributed by atoms with van der Waals surface area (Å²) in [6.45, 7) is 6.11. The van der Waals surface area contributed by atoms with Gasteiger partial charge in [0.15, 0.2) is 6.04 Å². The maximum Gasteiger partial charge on any atom is 0.328 e. The van der Waals surface area contributed by atoms with Gasteiger partial charge in [-0.05, 0) is 20.9 Å². The van der Waals surface area contributed by atoms with E-state index in [9.17, 15) is 9.59 Å². The number of aliphatic carboxylic acids is 1. The highest BCUT2D eigenvalue weighted by Crippen LogP contribution is 2.07. The molecule has 0 bridgehead atoms. The maximum atomic E-state index is 11.9. The molecule has 0 aromatic carbocycles. The van der Waals surface area contributed by atoms with Gasteiger partial charge in [-0.3, -0.25) is 0 Å². The fraction of sp³-hybridized carbons (Fsp3) is 0.833. The maximum absolute atomic E-state index is 11.9. The van der Waals surface area contributed by atoms with Crippen molar-refractivity contribution in [2.45, 2.75) is 25.9 Å². The van der Waals surface area contributed by atoms with Crippen molar-refractivity contribution >= 4 is 12.0 Å². The molecule has 2 amide bonds. The molecule has 2 N–H and O–H groups in total. The second-order valence-corrected chi connectivity index (χ2v) is 4.93. The van der Waals surface area contributed by atoms with E-state index in [0.717, 1.165) is 6.54 Å². The van der Waals surface area contributed by atoms with Crippen LogP contribution in [-0.2, 0) is 9.53 Å². The van der Waals surface area contributed by atoms with Crippen LogP contribution in [0, 0.1) is 0 Å². The molecule has 1 fully saturated rings. The minimum absolute atomic E-state index is 0.0502. The Morgan fingerprint density at radius 2 is 2.21 bits per heavy atom. The lowest BCUT2D eigenvalue weighted by Gasteiger charge is -2.33. The Hall–Kier alpha value is -1.34. The summed E-state index contributed by atoms with van der Waals surface area (Å²) < 4.78 is 5.09.